The van der Waals surface area contributed by atoms with E-state index in [0.29, 0.717) is 26.1 Å². The maximum absolute atomic E-state index is 13.5. The average Bonchev–Trinajstić information content (AvgIpc) is 3.06. The maximum Gasteiger partial charge on any atom is 0.255 e. The highest BCUT2D eigenvalue weighted by molar-refractivity contribution is 6.33. The zero-order valence-electron chi connectivity index (χ0n) is 12.5. The van der Waals surface area contributed by atoms with Gasteiger partial charge in [0.25, 0.3) is 5.91 Å². The molecule has 126 valence electrons. The number of fused-ring (bicyclic) bond motifs is 3. The van der Waals surface area contributed by atoms with Gasteiger partial charge in [0.15, 0.2) is 11.6 Å². The van der Waals surface area contributed by atoms with E-state index in [0.717, 1.165) is 17.8 Å². The monoisotopic (exact) mass is 354 g/mol. The van der Waals surface area contributed by atoms with Crippen LogP contribution in [0, 0.1) is 11.6 Å². The van der Waals surface area contributed by atoms with Gasteiger partial charge in [-0.25, -0.2) is 13.5 Å². The van der Waals surface area contributed by atoms with Crippen molar-refractivity contribution < 1.29 is 18.3 Å². The van der Waals surface area contributed by atoms with Crippen molar-refractivity contribution >= 4 is 17.5 Å². The highest BCUT2D eigenvalue weighted by atomic mass is 35.5. The molecular weight excluding hydrogens is 342 g/mol. The first-order chi connectivity index (χ1) is 11.5. The summed E-state index contributed by atoms with van der Waals surface area (Å²) in [4.78, 5) is 14.2. The zero-order valence-corrected chi connectivity index (χ0v) is 13.2. The Kier molecular flexibility index (Phi) is 3.73. The lowest BCUT2D eigenvalue weighted by atomic mass is 9.99. The molecule has 0 bridgehead atoms. The van der Waals surface area contributed by atoms with Gasteiger partial charge in [-0.3, -0.25) is 4.79 Å². The van der Waals surface area contributed by atoms with E-state index in [2.05, 4.69) is 10.3 Å². The molecule has 3 heterocycles. The summed E-state index contributed by atoms with van der Waals surface area (Å²) in [6, 6.07) is 1.50. The first-order valence-electron chi connectivity index (χ1n) is 7.49. The van der Waals surface area contributed by atoms with Gasteiger partial charge in [0, 0.05) is 13.1 Å². The van der Waals surface area contributed by atoms with Gasteiger partial charge in [-0.15, -0.1) is 5.10 Å². The summed E-state index contributed by atoms with van der Waals surface area (Å²) < 4.78 is 34.2. The van der Waals surface area contributed by atoms with E-state index in [1.165, 1.54) is 0 Å². The minimum atomic E-state index is -1.10. The van der Waals surface area contributed by atoms with Crippen molar-refractivity contribution in [3.63, 3.8) is 0 Å². The number of rotatable bonds is 1. The minimum absolute atomic E-state index is 0.0513. The van der Waals surface area contributed by atoms with Crippen LogP contribution in [-0.4, -0.2) is 45.0 Å². The topological polar surface area (TPSA) is 60.3 Å². The number of ether oxygens (including phenoxy) is 1. The van der Waals surface area contributed by atoms with Crippen molar-refractivity contribution in [3.05, 3.63) is 46.2 Å². The number of halogens is 3. The predicted octanol–water partition coefficient (Wildman–Crippen LogP) is 2.20. The SMILES string of the molecule is O=C(c1cc(F)c(F)cc1Cl)N1CC[C@@H]2OCc3cnnn3[C@H]2C1. The Morgan fingerprint density at radius 2 is 2.12 bits per heavy atom. The molecule has 1 aromatic heterocycles. The summed E-state index contributed by atoms with van der Waals surface area (Å²) in [6.45, 7) is 1.23. The van der Waals surface area contributed by atoms with E-state index in [1.807, 2.05) is 0 Å². The molecule has 1 fully saturated rings. The molecule has 0 aliphatic carbocycles. The number of nitrogens with zero attached hydrogens (tertiary/aromatic N) is 4. The largest absolute Gasteiger partial charge is 0.370 e. The Balaban J connectivity index is 1.60. The molecule has 2 aliphatic heterocycles. The van der Waals surface area contributed by atoms with E-state index in [-0.39, 0.29) is 22.7 Å². The van der Waals surface area contributed by atoms with Gasteiger partial charge in [0.1, 0.15) is 0 Å². The Hall–Kier alpha value is -2.06. The second-order valence-electron chi connectivity index (χ2n) is 5.87. The van der Waals surface area contributed by atoms with E-state index in [9.17, 15) is 13.6 Å². The number of carbonyl (C=O) groups is 1. The number of aromatic nitrogens is 3. The Labute approximate surface area is 140 Å². The summed E-state index contributed by atoms with van der Waals surface area (Å²) >= 11 is 5.91. The van der Waals surface area contributed by atoms with Crippen LogP contribution in [0.25, 0.3) is 0 Å². The van der Waals surface area contributed by atoms with E-state index in [1.54, 1.807) is 15.8 Å². The molecule has 1 saturated heterocycles. The molecule has 1 amide bonds. The number of amides is 1. The van der Waals surface area contributed by atoms with Gasteiger partial charge in [0.2, 0.25) is 0 Å². The van der Waals surface area contributed by atoms with Gasteiger partial charge >= 0.3 is 0 Å². The van der Waals surface area contributed by atoms with Gasteiger partial charge in [0.05, 0.1) is 41.2 Å². The number of benzene rings is 1. The summed E-state index contributed by atoms with van der Waals surface area (Å²) in [5, 5.41) is 7.83. The number of hydrogen-bond acceptors (Lipinski definition) is 4. The quantitative estimate of drug-likeness (QED) is 0.737. The fourth-order valence-corrected chi connectivity index (χ4v) is 3.45. The second-order valence-corrected chi connectivity index (χ2v) is 6.28. The smallest absolute Gasteiger partial charge is 0.255 e. The molecular formula is C15H13ClF2N4O2. The van der Waals surface area contributed by atoms with Gasteiger partial charge < -0.3 is 9.64 Å². The van der Waals surface area contributed by atoms with Gasteiger partial charge in [-0.1, -0.05) is 16.8 Å². The Bertz CT molecular complexity index is 813. The molecule has 2 aromatic rings. The summed E-state index contributed by atoms with van der Waals surface area (Å²) in [6.07, 6.45) is 2.20. The lowest BCUT2D eigenvalue weighted by Crippen LogP contribution is -2.50. The zero-order chi connectivity index (χ0) is 16.8. The van der Waals surface area contributed by atoms with Crippen molar-refractivity contribution in [2.45, 2.75) is 25.2 Å². The molecule has 0 radical (unpaired) electrons. The molecule has 4 rings (SSSR count). The fourth-order valence-electron chi connectivity index (χ4n) is 3.22. The Morgan fingerprint density at radius 1 is 1.33 bits per heavy atom. The van der Waals surface area contributed by atoms with Crippen LogP contribution in [0.4, 0.5) is 8.78 Å². The molecule has 2 atom stereocenters. The number of likely N-dealkylation sites (tertiary alicyclic amines) is 1. The van der Waals surface area contributed by atoms with Crippen molar-refractivity contribution in [1.29, 1.82) is 0 Å². The number of carbonyl (C=O) groups excluding carboxylic acids is 1. The fraction of sp³-hybridized carbons (Fsp3) is 0.400. The number of piperidine rings is 1. The van der Waals surface area contributed by atoms with E-state index in [4.69, 9.17) is 16.3 Å². The lowest BCUT2D eigenvalue weighted by molar-refractivity contribution is -0.0605. The second kappa shape index (κ2) is 5.78. The Morgan fingerprint density at radius 3 is 2.96 bits per heavy atom. The minimum Gasteiger partial charge on any atom is -0.370 e. The third kappa shape index (κ3) is 2.46. The van der Waals surface area contributed by atoms with Crippen LogP contribution >= 0.6 is 11.6 Å². The van der Waals surface area contributed by atoms with Crippen LogP contribution in [0.5, 0.6) is 0 Å². The molecule has 1 aromatic carbocycles. The predicted molar refractivity (Wildman–Crippen MR) is 79.5 cm³/mol. The maximum atomic E-state index is 13.5. The molecule has 24 heavy (non-hydrogen) atoms. The normalized spacial score (nSPS) is 22.9. The lowest BCUT2D eigenvalue weighted by Gasteiger charge is -2.41. The van der Waals surface area contributed by atoms with Crippen molar-refractivity contribution in [3.8, 4) is 0 Å². The van der Waals surface area contributed by atoms with Crippen molar-refractivity contribution in [2.24, 2.45) is 0 Å². The summed E-state index contributed by atoms with van der Waals surface area (Å²) in [5.74, 6) is -2.62. The van der Waals surface area contributed by atoms with Crippen LogP contribution < -0.4 is 0 Å². The third-order valence-corrected chi connectivity index (χ3v) is 4.77. The number of hydrogen-bond donors (Lipinski definition) is 0. The van der Waals surface area contributed by atoms with Crippen LogP contribution in [-0.2, 0) is 11.3 Å². The van der Waals surface area contributed by atoms with Crippen molar-refractivity contribution in [2.75, 3.05) is 13.1 Å². The highest BCUT2D eigenvalue weighted by Gasteiger charge is 2.38. The summed E-state index contributed by atoms with van der Waals surface area (Å²) in [5.41, 5.74) is 0.793. The average molecular weight is 355 g/mol. The van der Waals surface area contributed by atoms with E-state index >= 15 is 0 Å². The molecule has 0 spiro atoms. The van der Waals surface area contributed by atoms with Crippen LogP contribution in [0.1, 0.15) is 28.5 Å². The van der Waals surface area contributed by atoms with Crippen LogP contribution in [0.15, 0.2) is 18.3 Å². The van der Waals surface area contributed by atoms with Crippen LogP contribution in [0.3, 0.4) is 0 Å². The van der Waals surface area contributed by atoms with Gasteiger partial charge in [-0.05, 0) is 18.6 Å². The standard InChI is InChI=1S/C15H13ClF2N4O2/c16-10-4-12(18)11(17)3-9(10)15(23)21-2-1-14-13(6-21)22-8(7-24-14)5-19-20-22/h3-5,13-14H,1-2,6-7H2/t13-,14-/m0/s1. The highest BCUT2D eigenvalue weighted by Crippen LogP contribution is 2.31. The molecule has 0 saturated carbocycles. The molecule has 0 unspecified atom stereocenters. The molecule has 0 N–H and O–H groups in total. The first kappa shape index (κ1) is 15.5. The third-order valence-electron chi connectivity index (χ3n) is 4.46. The molecule has 2 aliphatic rings. The van der Waals surface area contributed by atoms with Crippen LogP contribution in [0.2, 0.25) is 5.02 Å². The van der Waals surface area contributed by atoms with E-state index < -0.39 is 17.5 Å². The molecule has 6 nitrogen and oxygen atoms in total. The first-order valence-corrected chi connectivity index (χ1v) is 7.87. The van der Waals surface area contributed by atoms with Gasteiger partial charge in [-0.2, -0.15) is 0 Å². The molecule has 9 heteroatoms. The summed E-state index contributed by atoms with van der Waals surface area (Å²) in [7, 11) is 0. The van der Waals surface area contributed by atoms with Crippen molar-refractivity contribution in [1.82, 2.24) is 19.9 Å².